The van der Waals surface area contributed by atoms with E-state index in [0.29, 0.717) is 5.56 Å². The lowest BCUT2D eigenvalue weighted by molar-refractivity contribution is -0.140. The molecule has 6 nitrogen and oxygen atoms in total. The number of aromatic amines is 1. The van der Waals surface area contributed by atoms with Gasteiger partial charge in [0.1, 0.15) is 5.69 Å². The summed E-state index contributed by atoms with van der Waals surface area (Å²) >= 11 is 0. The van der Waals surface area contributed by atoms with Gasteiger partial charge in [-0.05, 0) is 13.0 Å². The average molecular weight is 253 g/mol. The van der Waals surface area contributed by atoms with Gasteiger partial charge < -0.3 is 14.5 Å². The fraction of sp³-hybridized carbons (Fsp3) is 0.417. The Labute approximate surface area is 104 Å². The molecule has 0 aliphatic rings. The number of esters is 2. The zero-order valence-electron chi connectivity index (χ0n) is 10.3. The standard InChI is InChI=1S/C12H15NO5/c1-3-18-12(16)9-6-8(7-13-9)10(14)4-5-11(15)17-2/h6-7,13H,3-5H2,1-2H3. The van der Waals surface area contributed by atoms with E-state index in [4.69, 9.17) is 4.74 Å². The van der Waals surface area contributed by atoms with Crippen LogP contribution in [0.2, 0.25) is 0 Å². The second-order valence-corrected chi connectivity index (χ2v) is 3.52. The van der Waals surface area contributed by atoms with Gasteiger partial charge in [-0.1, -0.05) is 0 Å². The van der Waals surface area contributed by atoms with Gasteiger partial charge in [0.15, 0.2) is 5.78 Å². The largest absolute Gasteiger partial charge is 0.469 e. The summed E-state index contributed by atoms with van der Waals surface area (Å²) in [6, 6.07) is 1.41. The fourth-order valence-electron chi connectivity index (χ4n) is 1.34. The molecule has 0 atom stereocenters. The number of aromatic nitrogens is 1. The van der Waals surface area contributed by atoms with E-state index in [0.717, 1.165) is 0 Å². The number of nitrogens with one attached hydrogen (secondary N) is 1. The molecule has 0 saturated heterocycles. The topological polar surface area (TPSA) is 85.5 Å². The normalized spacial score (nSPS) is 9.89. The third kappa shape index (κ3) is 3.73. The Hall–Kier alpha value is -2.11. The van der Waals surface area contributed by atoms with Gasteiger partial charge >= 0.3 is 11.9 Å². The van der Waals surface area contributed by atoms with E-state index in [1.807, 2.05) is 0 Å². The highest BCUT2D eigenvalue weighted by Gasteiger charge is 2.14. The van der Waals surface area contributed by atoms with Crippen molar-refractivity contribution < 1.29 is 23.9 Å². The van der Waals surface area contributed by atoms with Crippen LogP contribution in [0, 0.1) is 0 Å². The first-order valence-corrected chi connectivity index (χ1v) is 5.54. The number of ether oxygens (including phenoxy) is 2. The van der Waals surface area contributed by atoms with Gasteiger partial charge in [0, 0.05) is 18.2 Å². The van der Waals surface area contributed by atoms with Gasteiger partial charge in [-0.3, -0.25) is 9.59 Å². The van der Waals surface area contributed by atoms with Crippen LogP contribution in [0.1, 0.15) is 40.6 Å². The molecule has 98 valence electrons. The van der Waals surface area contributed by atoms with E-state index in [-0.39, 0.29) is 30.9 Å². The predicted octanol–water partition coefficient (Wildman–Crippen LogP) is 1.33. The molecule has 0 amide bonds. The molecule has 0 aromatic carbocycles. The van der Waals surface area contributed by atoms with Gasteiger partial charge in [-0.2, -0.15) is 0 Å². The third-order valence-corrected chi connectivity index (χ3v) is 2.28. The van der Waals surface area contributed by atoms with Crippen LogP contribution in [-0.2, 0) is 14.3 Å². The summed E-state index contributed by atoms with van der Waals surface area (Å²) in [5.74, 6) is -1.18. The quantitative estimate of drug-likeness (QED) is 0.610. The number of rotatable bonds is 6. The maximum atomic E-state index is 11.7. The minimum atomic E-state index is -0.510. The highest BCUT2D eigenvalue weighted by atomic mass is 16.5. The van der Waals surface area contributed by atoms with Crippen molar-refractivity contribution in [3.05, 3.63) is 23.5 Å². The highest BCUT2D eigenvalue weighted by Crippen LogP contribution is 2.09. The molecule has 1 heterocycles. The molecular formula is C12H15NO5. The van der Waals surface area contributed by atoms with E-state index >= 15 is 0 Å². The first kappa shape index (κ1) is 14.0. The first-order valence-electron chi connectivity index (χ1n) is 5.54. The van der Waals surface area contributed by atoms with E-state index in [9.17, 15) is 14.4 Å². The summed E-state index contributed by atoms with van der Waals surface area (Å²) in [6.07, 6.45) is 1.49. The minimum absolute atomic E-state index is 0.0231. The molecule has 1 N–H and O–H groups in total. The fourth-order valence-corrected chi connectivity index (χ4v) is 1.34. The summed E-state index contributed by atoms with van der Waals surface area (Å²) in [5.41, 5.74) is 0.570. The number of Topliss-reactive ketones (excluding diaryl/α,β-unsaturated/α-hetero) is 1. The van der Waals surface area contributed by atoms with E-state index < -0.39 is 11.9 Å². The third-order valence-electron chi connectivity index (χ3n) is 2.28. The van der Waals surface area contributed by atoms with E-state index in [1.165, 1.54) is 19.4 Å². The Morgan fingerprint density at radius 2 is 2.00 bits per heavy atom. The molecule has 1 rings (SSSR count). The van der Waals surface area contributed by atoms with Gasteiger partial charge in [-0.15, -0.1) is 0 Å². The lowest BCUT2D eigenvalue weighted by Gasteiger charge is -1.98. The molecule has 0 fully saturated rings. The number of H-pyrrole nitrogens is 1. The zero-order valence-corrected chi connectivity index (χ0v) is 10.3. The number of carbonyl (C=O) groups is 3. The number of methoxy groups -OCH3 is 1. The van der Waals surface area contributed by atoms with Crippen molar-refractivity contribution in [2.45, 2.75) is 19.8 Å². The molecule has 0 bridgehead atoms. The van der Waals surface area contributed by atoms with Gasteiger partial charge in [0.05, 0.1) is 20.1 Å². The van der Waals surface area contributed by atoms with Crippen LogP contribution < -0.4 is 0 Å². The molecule has 1 aromatic rings. The van der Waals surface area contributed by atoms with Crippen molar-refractivity contribution >= 4 is 17.7 Å². The smallest absolute Gasteiger partial charge is 0.354 e. The van der Waals surface area contributed by atoms with Crippen molar-refractivity contribution in [2.75, 3.05) is 13.7 Å². The second kappa shape index (κ2) is 6.58. The highest BCUT2D eigenvalue weighted by molar-refractivity contribution is 5.99. The number of hydrogen-bond donors (Lipinski definition) is 1. The molecule has 1 aromatic heterocycles. The molecular weight excluding hydrogens is 238 g/mol. The Morgan fingerprint density at radius 3 is 2.61 bits per heavy atom. The van der Waals surface area contributed by atoms with Gasteiger partial charge in [-0.25, -0.2) is 4.79 Å². The van der Waals surface area contributed by atoms with Crippen molar-refractivity contribution in [2.24, 2.45) is 0 Å². The summed E-state index contributed by atoms with van der Waals surface area (Å²) in [7, 11) is 1.27. The average Bonchev–Trinajstić information content (AvgIpc) is 2.85. The van der Waals surface area contributed by atoms with Crippen LogP contribution in [0.15, 0.2) is 12.3 Å². The Bertz CT molecular complexity index is 449. The number of hydrogen-bond acceptors (Lipinski definition) is 5. The number of ketones is 1. The molecule has 0 unspecified atom stereocenters. The summed E-state index contributed by atoms with van der Waals surface area (Å²) in [6.45, 7) is 1.97. The SMILES string of the molecule is CCOC(=O)c1cc(C(=O)CCC(=O)OC)c[nH]1. The van der Waals surface area contributed by atoms with Crippen molar-refractivity contribution in [3.63, 3.8) is 0 Å². The van der Waals surface area contributed by atoms with Crippen LogP contribution in [0.4, 0.5) is 0 Å². The molecule has 0 saturated carbocycles. The lowest BCUT2D eigenvalue weighted by atomic mass is 10.1. The van der Waals surface area contributed by atoms with Gasteiger partial charge in [0.2, 0.25) is 0 Å². The predicted molar refractivity (Wildman–Crippen MR) is 62.3 cm³/mol. The van der Waals surface area contributed by atoms with Crippen LogP contribution >= 0.6 is 0 Å². The Morgan fingerprint density at radius 1 is 1.28 bits per heavy atom. The summed E-state index contributed by atoms with van der Waals surface area (Å²) < 4.78 is 9.22. The van der Waals surface area contributed by atoms with Gasteiger partial charge in [0.25, 0.3) is 0 Å². The second-order valence-electron chi connectivity index (χ2n) is 3.52. The zero-order chi connectivity index (χ0) is 13.5. The minimum Gasteiger partial charge on any atom is -0.469 e. The maximum absolute atomic E-state index is 11.7. The van der Waals surface area contributed by atoms with Crippen molar-refractivity contribution in [1.29, 1.82) is 0 Å². The molecule has 18 heavy (non-hydrogen) atoms. The summed E-state index contributed by atoms with van der Waals surface area (Å²) in [5, 5.41) is 0. The van der Waals surface area contributed by atoms with Crippen LogP contribution in [-0.4, -0.2) is 36.4 Å². The first-order chi connectivity index (χ1) is 8.58. The molecule has 0 aliphatic heterocycles. The van der Waals surface area contributed by atoms with Crippen molar-refractivity contribution in [3.8, 4) is 0 Å². The van der Waals surface area contributed by atoms with Crippen LogP contribution in [0.25, 0.3) is 0 Å². The Kier molecular flexibility index (Phi) is 5.10. The van der Waals surface area contributed by atoms with E-state index in [2.05, 4.69) is 9.72 Å². The Balaban J connectivity index is 2.59. The van der Waals surface area contributed by atoms with Crippen LogP contribution in [0.3, 0.4) is 0 Å². The van der Waals surface area contributed by atoms with Crippen LogP contribution in [0.5, 0.6) is 0 Å². The maximum Gasteiger partial charge on any atom is 0.354 e. The monoisotopic (exact) mass is 253 g/mol. The molecule has 0 spiro atoms. The lowest BCUT2D eigenvalue weighted by Crippen LogP contribution is -2.06. The molecule has 0 aliphatic carbocycles. The van der Waals surface area contributed by atoms with Crippen molar-refractivity contribution in [1.82, 2.24) is 4.98 Å². The molecule has 0 radical (unpaired) electrons. The van der Waals surface area contributed by atoms with E-state index in [1.54, 1.807) is 6.92 Å². The summed E-state index contributed by atoms with van der Waals surface area (Å²) in [4.78, 5) is 36.6. The number of carbonyl (C=O) groups excluding carboxylic acids is 3. The molecule has 6 heteroatoms.